The molecule has 24 heavy (non-hydrogen) atoms. The van der Waals surface area contributed by atoms with Crippen LogP contribution >= 0.6 is 0 Å². The summed E-state index contributed by atoms with van der Waals surface area (Å²) in [5.74, 6) is 0.673. The second-order valence-electron chi connectivity index (χ2n) is 7.49. The van der Waals surface area contributed by atoms with Gasteiger partial charge in [0, 0.05) is 37.0 Å². The molecule has 1 aromatic carbocycles. The Morgan fingerprint density at radius 2 is 2.00 bits per heavy atom. The molecule has 0 unspecified atom stereocenters. The lowest BCUT2D eigenvalue weighted by molar-refractivity contribution is -0.886. The molecule has 0 bridgehead atoms. The first-order chi connectivity index (χ1) is 11.7. The van der Waals surface area contributed by atoms with E-state index in [1.807, 2.05) is 0 Å². The summed E-state index contributed by atoms with van der Waals surface area (Å²) in [6, 6.07) is 10.7. The molecular weight excluding hydrogens is 298 g/mol. The van der Waals surface area contributed by atoms with Crippen LogP contribution in [0, 0.1) is 5.92 Å². The van der Waals surface area contributed by atoms with Crippen LogP contribution in [0.5, 0.6) is 0 Å². The number of para-hydroxylation sites is 1. The number of aromatic nitrogens is 1. The van der Waals surface area contributed by atoms with Crippen molar-refractivity contribution in [2.45, 2.75) is 32.2 Å². The summed E-state index contributed by atoms with van der Waals surface area (Å²) >= 11 is 0. The number of hydrogen-bond acceptors (Lipinski definition) is 1. The van der Waals surface area contributed by atoms with Crippen LogP contribution in [0.2, 0.25) is 0 Å². The number of likely N-dealkylation sites (tertiary alicyclic amines) is 1. The third-order valence-electron chi connectivity index (χ3n) is 5.69. The van der Waals surface area contributed by atoms with Crippen molar-refractivity contribution in [2.75, 3.05) is 26.2 Å². The van der Waals surface area contributed by atoms with E-state index in [-0.39, 0.29) is 0 Å². The van der Waals surface area contributed by atoms with E-state index in [1.165, 1.54) is 42.5 Å². The number of rotatable bonds is 6. The third kappa shape index (κ3) is 3.20. The van der Waals surface area contributed by atoms with E-state index in [1.54, 1.807) is 4.90 Å². The van der Waals surface area contributed by atoms with Crippen LogP contribution in [0.4, 0.5) is 0 Å². The van der Waals surface area contributed by atoms with E-state index in [4.69, 9.17) is 0 Å². The fourth-order valence-corrected chi connectivity index (χ4v) is 3.97. The SMILES string of the molecule is Cn1c(CN(CC[NH+]2CCCC2)C(=O)C2CC2)cc2ccccc21. The van der Waals surface area contributed by atoms with Crippen molar-refractivity contribution in [1.82, 2.24) is 9.47 Å². The molecule has 0 spiro atoms. The Balaban J connectivity index is 1.51. The van der Waals surface area contributed by atoms with Gasteiger partial charge in [-0.25, -0.2) is 0 Å². The number of nitrogens with zero attached hydrogens (tertiary/aromatic N) is 2. The number of benzene rings is 1. The molecule has 0 atom stereocenters. The molecule has 1 N–H and O–H groups in total. The highest BCUT2D eigenvalue weighted by molar-refractivity contribution is 5.83. The Kier molecular flexibility index (Phi) is 4.31. The van der Waals surface area contributed by atoms with Crippen LogP contribution < -0.4 is 4.90 Å². The van der Waals surface area contributed by atoms with Crippen molar-refractivity contribution in [3.63, 3.8) is 0 Å². The van der Waals surface area contributed by atoms with Crippen molar-refractivity contribution in [2.24, 2.45) is 13.0 Å². The molecule has 1 aliphatic heterocycles. The highest BCUT2D eigenvalue weighted by Gasteiger charge is 2.34. The Labute approximate surface area is 144 Å². The first-order valence-corrected chi connectivity index (χ1v) is 9.38. The maximum Gasteiger partial charge on any atom is 0.226 e. The number of quaternary nitrogens is 1. The fourth-order valence-electron chi connectivity index (χ4n) is 3.97. The van der Waals surface area contributed by atoms with Crippen LogP contribution in [0.25, 0.3) is 10.9 Å². The highest BCUT2D eigenvalue weighted by Crippen LogP contribution is 2.31. The molecule has 2 aliphatic rings. The van der Waals surface area contributed by atoms with Gasteiger partial charge in [-0.05, 0) is 30.4 Å². The maximum absolute atomic E-state index is 12.7. The van der Waals surface area contributed by atoms with Crippen molar-refractivity contribution < 1.29 is 9.69 Å². The highest BCUT2D eigenvalue weighted by atomic mass is 16.2. The van der Waals surface area contributed by atoms with E-state index in [2.05, 4.69) is 46.8 Å². The normalized spacial score (nSPS) is 18.4. The number of carbonyl (C=O) groups is 1. The van der Waals surface area contributed by atoms with Crippen LogP contribution in [0.3, 0.4) is 0 Å². The third-order valence-corrected chi connectivity index (χ3v) is 5.69. The van der Waals surface area contributed by atoms with Gasteiger partial charge < -0.3 is 14.4 Å². The zero-order chi connectivity index (χ0) is 16.5. The van der Waals surface area contributed by atoms with Gasteiger partial charge in [0.05, 0.1) is 32.7 Å². The molecule has 2 fully saturated rings. The van der Waals surface area contributed by atoms with Crippen LogP contribution in [0.1, 0.15) is 31.4 Å². The number of fused-ring (bicyclic) bond motifs is 1. The Bertz CT molecular complexity index is 726. The lowest BCUT2D eigenvalue weighted by Gasteiger charge is -2.24. The first kappa shape index (κ1) is 15.7. The molecule has 1 saturated heterocycles. The molecule has 4 rings (SSSR count). The number of amides is 1. The molecule has 4 heteroatoms. The molecule has 1 saturated carbocycles. The monoisotopic (exact) mass is 326 g/mol. The van der Waals surface area contributed by atoms with Gasteiger partial charge in [0.25, 0.3) is 0 Å². The summed E-state index contributed by atoms with van der Waals surface area (Å²) in [5.41, 5.74) is 2.48. The number of aryl methyl sites for hydroxylation is 1. The molecule has 4 nitrogen and oxygen atoms in total. The summed E-state index contributed by atoms with van der Waals surface area (Å²) in [4.78, 5) is 16.5. The van der Waals surface area contributed by atoms with E-state index >= 15 is 0 Å². The quantitative estimate of drug-likeness (QED) is 0.858. The zero-order valence-electron chi connectivity index (χ0n) is 14.6. The molecule has 1 amide bonds. The maximum atomic E-state index is 12.7. The fraction of sp³-hybridized carbons (Fsp3) is 0.550. The molecule has 128 valence electrons. The molecule has 1 aliphatic carbocycles. The molecular formula is C20H28N3O+. The summed E-state index contributed by atoms with van der Waals surface area (Å²) in [5, 5.41) is 1.26. The van der Waals surface area contributed by atoms with Gasteiger partial charge in [-0.1, -0.05) is 18.2 Å². The van der Waals surface area contributed by atoms with E-state index in [9.17, 15) is 4.79 Å². The average molecular weight is 326 g/mol. The lowest BCUT2D eigenvalue weighted by Crippen LogP contribution is -3.10. The Hall–Kier alpha value is -1.81. The predicted octanol–water partition coefficient (Wildman–Crippen LogP) is 1.60. The van der Waals surface area contributed by atoms with Crippen molar-refractivity contribution in [1.29, 1.82) is 0 Å². The van der Waals surface area contributed by atoms with Crippen LogP contribution in [-0.2, 0) is 18.4 Å². The molecule has 2 heterocycles. The standard InChI is InChI=1S/C20H27N3O/c1-21-18(14-17-6-2-3-7-19(17)21)15-23(20(24)16-8-9-16)13-12-22-10-4-5-11-22/h2-3,6-7,14,16H,4-5,8-13,15H2,1H3/p+1. The number of hydrogen-bond donors (Lipinski definition) is 1. The molecule has 1 aromatic heterocycles. The van der Waals surface area contributed by atoms with Gasteiger partial charge in [0.1, 0.15) is 0 Å². The first-order valence-electron chi connectivity index (χ1n) is 9.38. The number of carbonyl (C=O) groups excluding carboxylic acids is 1. The molecule has 2 aromatic rings. The second kappa shape index (κ2) is 6.60. The van der Waals surface area contributed by atoms with Crippen molar-refractivity contribution in [3.8, 4) is 0 Å². The van der Waals surface area contributed by atoms with Gasteiger partial charge in [-0.2, -0.15) is 0 Å². The van der Waals surface area contributed by atoms with Gasteiger partial charge in [-0.15, -0.1) is 0 Å². The van der Waals surface area contributed by atoms with Crippen molar-refractivity contribution >= 4 is 16.8 Å². The van der Waals surface area contributed by atoms with E-state index in [0.717, 1.165) is 32.5 Å². The summed E-state index contributed by atoms with van der Waals surface area (Å²) < 4.78 is 2.24. The Morgan fingerprint density at radius 1 is 1.25 bits per heavy atom. The van der Waals surface area contributed by atoms with Crippen LogP contribution in [-0.4, -0.2) is 41.6 Å². The predicted molar refractivity (Wildman–Crippen MR) is 95.9 cm³/mol. The van der Waals surface area contributed by atoms with Gasteiger partial charge >= 0.3 is 0 Å². The largest absolute Gasteiger partial charge is 0.346 e. The second-order valence-corrected chi connectivity index (χ2v) is 7.49. The van der Waals surface area contributed by atoms with Crippen LogP contribution in [0.15, 0.2) is 30.3 Å². The lowest BCUT2D eigenvalue weighted by atomic mass is 10.2. The minimum Gasteiger partial charge on any atom is -0.346 e. The van der Waals surface area contributed by atoms with Gasteiger partial charge in [-0.3, -0.25) is 4.79 Å². The van der Waals surface area contributed by atoms with E-state index < -0.39 is 0 Å². The topological polar surface area (TPSA) is 29.7 Å². The number of nitrogens with one attached hydrogen (secondary N) is 1. The smallest absolute Gasteiger partial charge is 0.226 e. The minimum absolute atomic E-state index is 0.299. The van der Waals surface area contributed by atoms with E-state index in [0.29, 0.717) is 11.8 Å². The Morgan fingerprint density at radius 3 is 2.71 bits per heavy atom. The molecule has 0 radical (unpaired) electrons. The van der Waals surface area contributed by atoms with Crippen molar-refractivity contribution in [3.05, 3.63) is 36.0 Å². The minimum atomic E-state index is 0.299. The summed E-state index contributed by atoms with van der Waals surface area (Å²) in [6.45, 7) is 5.29. The zero-order valence-corrected chi connectivity index (χ0v) is 14.6. The average Bonchev–Trinajstić information content (AvgIpc) is 3.23. The van der Waals surface area contributed by atoms with Gasteiger partial charge in [0.2, 0.25) is 5.91 Å². The summed E-state index contributed by atoms with van der Waals surface area (Å²) in [7, 11) is 2.11. The van der Waals surface area contributed by atoms with Gasteiger partial charge in [0.15, 0.2) is 0 Å². The summed E-state index contributed by atoms with van der Waals surface area (Å²) in [6.07, 6.45) is 4.85.